The number of amides is 6. The summed E-state index contributed by atoms with van der Waals surface area (Å²) in [4.78, 5) is 96.2. The molecule has 2 saturated heterocycles. The summed E-state index contributed by atoms with van der Waals surface area (Å²) in [5.74, 6) is -5.81. The Labute approximate surface area is 317 Å². The molecule has 16 nitrogen and oxygen atoms in total. The van der Waals surface area contributed by atoms with Crippen LogP contribution in [0, 0.1) is 5.41 Å². The first-order valence-corrected chi connectivity index (χ1v) is 17.9. The molecule has 3 rings (SSSR count). The van der Waals surface area contributed by atoms with Crippen LogP contribution in [0.1, 0.15) is 79.8 Å². The van der Waals surface area contributed by atoms with Gasteiger partial charge in [-0.25, -0.2) is 4.79 Å². The van der Waals surface area contributed by atoms with Gasteiger partial charge >= 0.3 is 6.09 Å². The van der Waals surface area contributed by atoms with Crippen molar-refractivity contribution in [2.75, 3.05) is 27.2 Å². The minimum atomic E-state index is -1.38. The van der Waals surface area contributed by atoms with Crippen molar-refractivity contribution in [2.24, 2.45) is 5.41 Å². The highest BCUT2D eigenvalue weighted by atomic mass is 16.8. The number of carbonyl (C=O) groups excluding carboxylic acids is 7. The molecule has 0 bridgehead atoms. The van der Waals surface area contributed by atoms with Crippen LogP contribution in [-0.4, -0.2) is 120 Å². The molecule has 0 aliphatic carbocycles. The Morgan fingerprint density at radius 1 is 0.981 bits per heavy atom. The van der Waals surface area contributed by atoms with Gasteiger partial charge in [0.05, 0.1) is 19.1 Å². The number of rotatable bonds is 14. The second-order valence-electron chi connectivity index (χ2n) is 16.1. The van der Waals surface area contributed by atoms with Gasteiger partial charge in [-0.3, -0.25) is 28.8 Å². The number of ketones is 1. The summed E-state index contributed by atoms with van der Waals surface area (Å²) in [6.45, 7) is 16.6. The molecule has 6 amide bonds. The fourth-order valence-electron chi connectivity index (χ4n) is 6.13. The van der Waals surface area contributed by atoms with E-state index < -0.39 is 101 Å². The molecule has 4 N–H and O–H groups in total. The number of fused-ring (bicyclic) bond motifs is 1. The summed E-state index contributed by atoms with van der Waals surface area (Å²) in [6.07, 6.45) is -0.764. The minimum absolute atomic E-state index is 0.0243. The average molecular weight is 757 g/mol. The number of allylic oxidation sites excluding steroid dienone is 1. The Kier molecular flexibility index (Phi) is 14.2. The van der Waals surface area contributed by atoms with Gasteiger partial charge < -0.3 is 45.3 Å². The van der Waals surface area contributed by atoms with E-state index in [2.05, 4.69) is 27.8 Å². The highest BCUT2D eigenvalue weighted by Crippen LogP contribution is 2.38. The van der Waals surface area contributed by atoms with Crippen molar-refractivity contribution in [1.29, 1.82) is 0 Å². The molecular formula is C38H56N6O10. The maximum Gasteiger partial charge on any atom is 0.408 e. The zero-order valence-electron chi connectivity index (χ0n) is 32.9. The lowest BCUT2D eigenvalue weighted by molar-refractivity contribution is -0.171. The number of likely N-dealkylation sites (N-methyl/N-ethyl adjacent to an activating group) is 1. The fraction of sp³-hybridized carbons (Fsp3) is 0.605. The third-order valence-corrected chi connectivity index (χ3v) is 8.62. The molecule has 2 heterocycles. The van der Waals surface area contributed by atoms with Crippen LogP contribution in [0.5, 0.6) is 0 Å². The van der Waals surface area contributed by atoms with Gasteiger partial charge in [-0.15, -0.1) is 6.58 Å². The van der Waals surface area contributed by atoms with Crippen molar-refractivity contribution in [3.05, 3.63) is 48.6 Å². The van der Waals surface area contributed by atoms with Crippen LogP contribution in [-0.2, 0) is 43.0 Å². The van der Waals surface area contributed by atoms with Crippen molar-refractivity contribution in [3.8, 4) is 0 Å². The number of likely N-dealkylation sites (tertiary alicyclic amines) is 1. The van der Waals surface area contributed by atoms with Gasteiger partial charge in [0, 0.05) is 14.1 Å². The van der Waals surface area contributed by atoms with E-state index in [1.54, 1.807) is 99.8 Å². The number of alkyl carbamates (subject to hydrolysis) is 1. The second-order valence-corrected chi connectivity index (χ2v) is 16.1. The number of nitrogens with one attached hydrogen (secondary N) is 4. The zero-order chi connectivity index (χ0) is 40.8. The van der Waals surface area contributed by atoms with E-state index in [4.69, 9.17) is 14.2 Å². The normalized spacial score (nSPS) is 20.7. The lowest BCUT2D eigenvalue weighted by atomic mass is 9.85. The first-order valence-electron chi connectivity index (χ1n) is 17.9. The quantitative estimate of drug-likeness (QED) is 0.160. The molecule has 4 unspecified atom stereocenters. The topological polar surface area (TPSA) is 202 Å². The predicted octanol–water partition coefficient (Wildman–Crippen LogP) is 1.74. The third kappa shape index (κ3) is 11.6. The van der Waals surface area contributed by atoms with Crippen molar-refractivity contribution in [3.63, 3.8) is 0 Å². The fourth-order valence-corrected chi connectivity index (χ4v) is 6.13. The van der Waals surface area contributed by atoms with E-state index in [1.165, 1.54) is 15.9 Å². The van der Waals surface area contributed by atoms with E-state index in [0.29, 0.717) is 5.56 Å². The first kappa shape index (κ1) is 43.6. The molecule has 2 aliphatic rings. The van der Waals surface area contributed by atoms with Gasteiger partial charge in [0.1, 0.15) is 35.9 Å². The molecule has 1 aromatic rings. The molecule has 2 aliphatic heterocycles. The number of hydrogen-bond donors (Lipinski definition) is 4. The van der Waals surface area contributed by atoms with Gasteiger partial charge in [-0.1, -0.05) is 57.2 Å². The standard InChI is InChI=1S/C38H56N6O10/c1-12-13-19-23(28(46)32(48)39-20-25(45)41-26(33(49)43(10)11)22-17-15-14-16-18-22)40-31(47)27-29-24(52-38(8,9)53-29)21-44(27)34(50)30(36(2,3)4)42-35(51)54-37(5,6)7/h12,14-18,23-24,26-27,29-30H,1,13,19-21H2,2-11H3,(H,39,48)(H,40,47)(H,41,45)(H,42,51)/t23?,24?,26-,27?,29?,30+/m0/s1. The number of nitrogens with zero attached hydrogens (tertiary/aromatic N) is 2. The lowest BCUT2D eigenvalue weighted by Gasteiger charge is -2.37. The molecule has 0 saturated carbocycles. The largest absolute Gasteiger partial charge is 0.444 e. The molecule has 16 heteroatoms. The summed E-state index contributed by atoms with van der Waals surface area (Å²) in [5, 5.41) is 10.2. The minimum Gasteiger partial charge on any atom is -0.444 e. The van der Waals surface area contributed by atoms with Crippen LogP contribution >= 0.6 is 0 Å². The first-order chi connectivity index (χ1) is 25.0. The monoisotopic (exact) mass is 756 g/mol. The van der Waals surface area contributed by atoms with Crippen LogP contribution in [0.4, 0.5) is 4.79 Å². The van der Waals surface area contributed by atoms with E-state index in [9.17, 15) is 33.6 Å². The van der Waals surface area contributed by atoms with Gasteiger partial charge in [-0.2, -0.15) is 0 Å². The molecule has 2 fully saturated rings. The Morgan fingerprint density at radius 3 is 2.17 bits per heavy atom. The van der Waals surface area contributed by atoms with Crippen molar-refractivity contribution < 1.29 is 47.8 Å². The molecule has 54 heavy (non-hydrogen) atoms. The number of carbonyl (C=O) groups is 7. The van der Waals surface area contributed by atoms with Gasteiger partial charge in [0.25, 0.3) is 5.91 Å². The molecule has 6 atom stereocenters. The Morgan fingerprint density at radius 2 is 1.61 bits per heavy atom. The summed E-state index contributed by atoms with van der Waals surface area (Å²) in [5.41, 5.74) is -1.15. The molecule has 298 valence electrons. The van der Waals surface area contributed by atoms with Crippen LogP contribution in [0.15, 0.2) is 43.0 Å². The maximum absolute atomic E-state index is 14.3. The van der Waals surface area contributed by atoms with Crippen molar-refractivity contribution in [2.45, 2.75) is 116 Å². The summed E-state index contributed by atoms with van der Waals surface area (Å²) < 4.78 is 17.5. The predicted molar refractivity (Wildman–Crippen MR) is 197 cm³/mol. The lowest BCUT2D eigenvalue weighted by Crippen LogP contribution is -2.61. The maximum atomic E-state index is 14.3. The van der Waals surface area contributed by atoms with Gasteiger partial charge in [0.15, 0.2) is 5.79 Å². The Balaban J connectivity index is 1.81. The SMILES string of the molecule is C=CCCC(NC(=O)C1C2OC(C)(C)OC2CN1C(=O)[C@@H](NC(=O)OC(C)(C)C)C(C)(C)C)C(=O)C(=O)NCC(=O)N[C@H](C(=O)N(C)C)c1ccccc1. The Bertz CT molecular complexity index is 1580. The van der Waals surface area contributed by atoms with Gasteiger partial charge in [-0.05, 0) is 58.4 Å². The second kappa shape index (κ2) is 17.5. The number of hydrogen-bond acceptors (Lipinski definition) is 10. The summed E-state index contributed by atoms with van der Waals surface area (Å²) in [7, 11) is 3.08. The summed E-state index contributed by atoms with van der Waals surface area (Å²) >= 11 is 0. The summed E-state index contributed by atoms with van der Waals surface area (Å²) in [6, 6.07) is 3.67. The molecule has 0 aromatic heterocycles. The number of Topliss-reactive ketones (excluding diaryl/α,β-unsaturated/α-hetero) is 1. The molecular weight excluding hydrogens is 700 g/mol. The highest BCUT2D eigenvalue weighted by molar-refractivity contribution is 6.38. The molecule has 1 aromatic carbocycles. The van der Waals surface area contributed by atoms with Crippen LogP contribution in [0.2, 0.25) is 0 Å². The van der Waals surface area contributed by atoms with E-state index in [0.717, 1.165) is 0 Å². The number of ether oxygens (including phenoxy) is 3. The zero-order valence-corrected chi connectivity index (χ0v) is 32.9. The van der Waals surface area contributed by atoms with Crippen LogP contribution in [0.25, 0.3) is 0 Å². The van der Waals surface area contributed by atoms with Crippen molar-refractivity contribution >= 4 is 41.4 Å². The third-order valence-electron chi connectivity index (χ3n) is 8.62. The molecule has 0 spiro atoms. The van der Waals surface area contributed by atoms with Crippen LogP contribution < -0.4 is 21.3 Å². The average Bonchev–Trinajstić information content (AvgIpc) is 3.56. The van der Waals surface area contributed by atoms with Crippen LogP contribution in [0.3, 0.4) is 0 Å². The van der Waals surface area contributed by atoms with E-state index >= 15 is 0 Å². The highest BCUT2D eigenvalue weighted by Gasteiger charge is 2.58. The Hall–Kier alpha value is -4.83. The van der Waals surface area contributed by atoms with E-state index in [1.807, 2.05) is 0 Å². The smallest absolute Gasteiger partial charge is 0.408 e. The molecule has 0 radical (unpaired) electrons. The van der Waals surface area contributed by atoms with Crippen molar-refractivity contribution in [1.82, 2.24) is 31.1 Å². The number of benzene rings is 1. The van der Waals surface area contributed by atoms with E-state index in [-0.39, 0.29) is 19.4 Å². The van der Waals surface area contributed by atoms with Gasteiger partial charge in [0.2, 0.25) is 29.4 Å².